The molecule has 2 N–H and O–H groups in total. The van der Waals surface area contributed by atoms with Crippen molar-refractivity contribution in [3.63, 3.8) is 0 Å². The van der Waals surface area contributed by atoms with Crippen molar-refractivity contribution >= 4 is 11.3 Å². The van der Waals surface area contributed by atoms with Crippen LogP contribution in [0.15, 0.2) is 6.20 Å². The Morgan fingerprint density at radius 1 is 1.62 bits per heavy atom. The largest absolute Gasteiger partial charge is 0.330 e. The van der Waals surface area contributed by atoms with Crippen molar-refractivity contribution < 1.29 is 0 Å². The molecule has 0 saturated carbocycles. The van der Waals surface area contributed by atoms with E-state index in [1.807, 2.05) is 17.5 Å². The first-order chi connectivity index (χ1) is 7.72. The fraction of sp³-hybridized carbons (Fsp3) is 0.750. The van der Waals surface area contributed by atoms with E-state index in [2.05, 4.69) is 23.9 Å². The summed E-state index contributed by atoms with van der Waals surface area (Å²) in [7, 11) is 2.21. The van der Waals surface area contributed by atoms with E-state index in [-0.39, 0.29) is 0 Å². The van der Waals surface area contributed by atoms with E-state index < -0.39 is 0 Å². The molecule has 2 atom stereocenters. The SMILES string of the molecule is CC(CN)c1cnc(C2CCCCN2C)s1. The van der Waals surface area contributed by atoms with Gasteiger partial charge in [-0.25, -0.2) is 4.98 Å². The van der Waals surface area contributed by atoms with Gasteiger partial charge in [-0.2, -0.15) is 0 Å². The minimum atomic E-state index is 0.445. The molecule has 1 aromatic rings. The zero-order valence-electron chi connectivity index (χ0n) is 10.1. The maximum Gasteiger partial charge on any atom is 0.110 e. The molecule has 16 heavy (non-hydrogen) atoms. The highest BCUT2D eigenvalue weighted by Crippen LogP contribution is 2.33. The highest BCUT2D eigenvalue weighted by atomic mass is 32.1. The molecule has 1 aliphatic rings. The van der Waals surface area contributed by atoms with Gasteiger partial charge < -0.3 is 5.73 Å². The second-order valence-corrected chi connectivity index (χ2v) is 5.82. The second-order valence-electron chi connectivity index (χ2n) is 4.73. The average molecular weight is 239 g/mol. The van der Waals surface area contributed by atoms with Crippen molar-refractivity contribution in [2.24, 2.45) is 5.73 Å². The van der Waals surface area contributed by atoms with Crippen molar-refractivity contribution in [1.82, 2.24) is 9.88 Å². The van der Waals surface area contributed by atoms with Crippen LogP contribution in [0, 0.1) is 0 Å². The van der Waals surface area contributed by atoms with Gasteiger partial charge in [0, 0.05) is 17.0 Å². The van der Waals surface area contributed by atoms with Gasteiger partial charge in [-0.15, -0.1) is 11.3 Å². The lowest BCUT2D eigenvalue weighted by atomic mass is 10.0. The van der Waals surface area contributed by atoms with Gasteiger partial charge in [0.05, 0.1) is 6.04 Å². The molecule has 2 rings (SSSR count). The molecule has 1 aromatic heterocycles. The zero-order valence-corrected chi connectivity index (χ0v) is 11.0. The molecular weight excluding hydrogens is 218 g/mol. The number of hydrogen-bond donors (Lipinski definition) is 1. The van der Waals surface area contributed by atoms with Crippen LogP contribution >= 0.6 is 11.3 Å². The van der Waals surface area contributed by atoms with Crippen LogP contribution < -0.4 is 5.73 Å². The van der Waals surface area contributed by atoms with Gasteiger partial charge in [0.15, 0.2) is 0 Å². The smallest absolute Gasteiger partial charge is 0.110 e. The topological polar surface area (TPSA) is 42.1 Å². The highest BCUT2D eigenvalue weighted by molar-refractivity contribution is 7.11. The first-order valence-electron chi connectivity index (χ1n) is 6.08. The van der Waals surface area contributed by atoms with Gasteiger partial charge in [0.25, 0.3) is 0 Å². The summed E-state index contributed by atoms with van der Waals surface area (Å²) in [5.41, 5.74) is 5.69. The Labute approximate surface area is 102 Å². The van der Waals surface area contributed by atoms with Gasteiger partial charge in [-0.3, -0.25) is 4.90 Å². The molecule has 1 fully saturated rings. The minimum absolute atomic E-state index is 0.445. The van der Waals surface area contributed by atoms with Crippen LogP contribution in [0.4, 0.5) is 0 Å². The summed E-state index contributed by atoms with van der Waals surface area (Å²) in [6.07, 6.45) is 5.92. The number of thiazole rings is 1. The van der Waals surface area contributed by atoms with Gasteiger partial charge in [0.1, 0.15) is 5.01 Å². The van der Waals surface area contributed by atoms with E-state index in [1.54, 1.807) is 0 Å². The Morgan fingerprint density at radius 2 is 2.44 bits per heavy atom. The molecule has 0 radical (unpaired) electrons. The van der Waals surface area contributed by atoms with Gasteiger partial charge in [-0.1, -0.05) is 13.3 Å². The third-order valence-corrected chi connectivity index (χ3v) is 4.77. The standard InChI is InChI=1S/C12H21N3S/c1-9(7-13)11-8-14-12(16-11)10-5-3-4-6-15(10)2/h8-10H,3-7,13H2,1-2H3. The molecule has 0 aromatic carbocycles. The predicted octanol–water partition coefficient (Wildman–Crippen LogP) is 2.36. The molecule has 0 aliphatic carbocycles. The molecule has 1 aliphatic heterocycles. The normalized spacial score (nSPS) is 24.6. The van der Waals surface area contributed by atoms with Crippen LogP contribution in [0.2, 0.25) is 0 Å². The lowest BCUT2D eigenvalue weighted by Crippen LogP contribution is -2.29. The first-order valence-corrected chi connectivity index (χ1v) is 6.90. The summed E-state index contributed by atoms with van der Waals surface area (Å²) >= 11 is 1.84. The molecule has 4 heteroatoms. The van der Waals surface area contributed by atoms with Crippen molar-refractivity contribution in [3.8, 4) is 0 Å². The quantitative estimate of drug-likeness (QED) is 0.880. The van der Waals surface area contributed by atoms with Crippen LogP contribution in [-0.4, -0.2) is 30.0 Å². The summed E-state index contributed by atoms with van der Waals surface area (Å²) in [4.78, 5) is 8.34. The third-order valence-electron chi connectivity index (χ3n) is 3.44. The first kappa shape index (κ1) is 12.0. The molecule has 90 valence electrons. The maximum atomic E-state index is 5.69. The molecule has 0 bridgehead atoms. The summed E-state index contributed by atoms with van der Waals surface area (Å²) in [5.74, 6) is 0.445. The molecule has 2 unspecified atom stereocenters. The Morgan fingerprint density at radius 3 is 3.12 bits per heavy atom. The average Bonchev–Trinajstić information content (AvgIpc) is 2.78. The highest BCUT2D eigenvalue weighted by Gasteiger charge is 2.23. The van der Waals surface area contributed by atoms with E-state index in [1.165, 1.54) is 35.7 Å². The fourth-order valence-electron chi connectivity index (χ4n) is 2.19. The lowest BCUT2D eigenvalue weighted by Gasteiger charge is -2.30. The van der Waals surface area contributed by atoms with Crippen molar-refractivity contribution in [3.05, 3.63) is 16.1 Å². The number of rotatable bonds is 3. The number of nitrogens with two attached hydrogens (primary N) is 1. The molecule has 2 heterocycles. The number of hydrogen-bond acceptors (Lipinski definition) is 4. The summed E-state index contributed by atoms with van der Waals surface area (Å²) in [6.45, 7) is 4.08. The van der Waals surface area contributed by atoms with Crippen LogP contribution in [0.5, 0.6) is 0 Å². The van der Waals surface area contributed by atoms with E-state index in [0.717, 1.165) is 0 Å². The molecule has 0 spiro atoms. The molecular formula is C12H21N3S. The zero-order chi connectivity index (χ0) is 11.5. The monoisotopic (exact) mass is 239 g/mol. The molecule has 0 amide bonds. The van der Waals surface area contributed by atoms with Gasteiger partial charge >= 0.3 is 0 Å². The van der Waals surface area contributed by atoms with E-state index >= 15 is 0 Å². The summed E-state index contributed by atoms with van der Waals surface area (Å²) in [5, 5.41) is 1.28. The van der Waals surface area contributed by atoms with Crippen molar-refractivity contribution in [2.45, 2.75) is 38.1 Å². The number of aromatic nitrogens is 1. The minimum Gasteiger partial charge on any atom is -0.330 e. The number of piperidine rings is 1. The van der Waals surface area contributed by atoms with E-state index in [9.17, 15) is 0 Å². The molecule has 1 saturated heterocycles. The van der Waals surface area contributed by atoms with E-state index in [0.29, 0.717) is 18.5 Å². The predicted molar refractivity (Wildman–Crippen MR) is 68.8 cm³/mol. The van der Waals surface area contributed by atoms with Gasteiger partial charge in [0.2, 0.25) is 0 Å². The fourth-order valence-corrected chi connectivity index (χ4v) is 3.37. The third kappa shape index (κ3) is 2.44. The second kappa shape index (κ2) is 5.25. The maximum absolute atomic E-state index is 5.69. The summed E-state index contributed by atoms with van der Waals surface area (Å²) in [6, 6.07) is 0.539. The van der Waals surface area contributed by atoms with Crippen LogP contribution in [0.25, 0.3) is 0 Å². The van der Waals surface area contributed by atoms with Crippen LogP contribution in [-0.2, 0) is 0 Å². The Balaban J connectivity index is 2.11. The van der Waals surface area contributed by atoms with Crippen LogP contribution in [0.3, 0.4) is 0 Å². The van der Waals surface area contributed by atoms with Crippen LogP contribution in [0.1, 0.15) is 48.0 Å². The van der Waals surface area contributed by atoms with E-state index in [4.69, 9.17) is 5.73 Å². The number of likely N-dealkylation sites (tertiary alicyclic amines) is 1. The van der Waals surface area contributed by atoms with Crippen molar-refractivity contribution in [2.75, 3.05) is 20.1 Å². The van der Waals surface area contributed by atoms with Gasteiger partial charge in [-0.05, 0) is 33.0 Å². The summed E-state index contributed by atoms with van der Waals surface area (Å²) < 4.78 is 0. The Bertz CT molecular complexity index is 337. The van der Waals surface area contributed by atoms with Crippen molar-refractivity contribution in [1.29, 1.82) is 0 Å². The molecule has 3 nitrogen and oxygen atoms in total. The Kier molecular flexibility index (Phi) is 3.95. The lowest BCUT2D eigenvalue weighted by molar-refractivity contribution is 0.187. The number of nitrogens with zero attached hydrogens (tertiary/aromatic N) is 2. The Hall–Kier alpha value is -0.450.